The van der Waals surface area contributed by atoms with E-state index < -0.39 is 14.2 Å². The number of benzene rings is 3. The van der Waals surface area contributed by atoms with Crippen LogP contribution in [0.5, 0.6) is 0 Å². The van der Waals surface area contributed by atoms with Crippen molar-refractivity contribution in [2.45, 2.75) is 71.8 Å². The van der Waals surface area contributed by atoms with Crippen molar-refractivity contribution in [1.29, 1.82) is 0 Å². The molecule has 7 rings (SSSR count). The van der Waals surface area contributed by atoms with Gasteiger partial charge in [-0.25, -0.2) is 4.98 Å². The van der Waals surface area contributed by atoms with Crippen molar-refractivity contribution in [3.05, 3.63) is 88.7 Å². The zero-order valence-electron chi connectivity index (χ0n) is 28.3. The molecule has 47 heavy (non-hydrogen) atoms. The predicted octanol–water partition coefficient (Wildman–Crippen LogP) is 7.86. The summed E-state index contributed by atoms with van der Waals surface area (Å²) in [6.07, 6.45) is 2.95. The van der Waals surface area contributed by atoms with E-state index in [1.165, 1.54) is 0 Å². The standard InChI is InChI=1S/C38H43N5O3Si/c1-22-11-12-24-20-43(37(45)29(24)17-22)32-10-8-9-27(23(32)2)30-19-40-35(36(39)44)34-33(30)28-14-13-25(18-31(28)41-34)42-16-15-26(21-42)46-47(6,7)38(3,4)5/h8-14,17-19,26,41H,15-16,20-21H2,1-7H3,(H2,39,44). The summed E-state index contributed by atoms with van der Waals surface area (Å²) in [7, 11) is -1.87. The zero-order valence-corrected chi connectivity index (χ0v) is 29.3. The number of primary amides is 1. The van der Waals surface area contributed by atoms with E-state index in [0.29, 0.717) is 12.1 Å². The van der Waals surface area contributed by atoms with Crippen LogP contribution in [0.2, 0.25) is 18.1 Å². The van der Waals surface area contributed by atoms with Crippen molar-refractivity contribution in [2.75, 3.05) is 22.9 Å². The van der Waals surface area contributed by atoms with E-state index in [9.17, 15) is 9.59 Å². The van der Waals surface area contributed by atoms with Crippen molar-refractivity contribution in [3.63, 3.8) is 0 Å². The molecule has 2 amide bonds. The Morgan fingerprint density at radius 3 is 2.57 bits per heavy atom. The molecule has 1 atom stereocenters. The molecule has 0 bridgehead atoms. The predicted molar refractivity (Wildman–Crippen MR) is 193 cm³/mol. The number of pyridine rings is 1. The number of anilines is 2. The second kappa shape index (κ2) is 11.1. The van der Waals surface area contributed by atoms with Crippen LogP contribution in [0, 0.1) is 13.8 Å². The molecule has 1 unspecified atom stereocenters. The molecule has 9 heteroatoms. The SMILES string of the molecule is Cc1ccc2c(c1)C(=O)N(c1cccc(-c3cnc(C(N)=O)c4[nH]c5cc(N6CCC(O[Si](C)(C)C(C)(C)C)C6)ccc5c34)c1C)C2. The fraction of sp³-hybridized carbons (Fsp3) is 0.342. The Hall–Kier alpha value is -4.47. The monoisotopic (exact) mass is 645 g/mol. The van der Waals surface area contributed by atoms with Gasteiger partial charge in [0.2, 0.25) is 0 Å². The summed E-state index contributed by atoms with van der Waals surface area (Å²) in [5.74, 6) is -0.575. The number of nitrogens with one attached hydrogen (secondary N) is 1. The number of rotatable bonds is 6. The Kier molecular flexibility index (Phi) is 7.33. The maximum atomic E-state index is 13.5. The lowest BCUT2D eigenvalue weighted by Gasteiger charge is -2.38. The Morgan fingerprint density at radius 2 is 1.83 bits per heavy atom. The van der Waals surface area contributed by atoms with Gasteiger partial charge in [-0.1, -0.05) is 56.7 Å². The number of amides is 2. The Morgan fingerprint density at radius 1 is 1.04 bits per heavy atom. The number of nitrogens with two attached hydrogens (primary N) is 1. The van der Waals surface area contributed by atoms with E-state index >= 15 is 0 Å². The molecular formula is C38H43N5O3Si. The topological polar surface area (TPSA) is 105 Å². The molecule has 0 aliphatic carbocycles. The average Bonchev–Trinajstić information content (AvgIpc) is 3.71. The second-order valence-electron chi connectivity index (χ2n) is 14.7. The molecule has 2 aromatic heterocycles. The van der Waals surface area contributed by atoms with Crippen molar-refractivity contribution in [3.8, 4) is 11.1 Å². The van der Waals surface area contributed by atoms with Crippen LogP contribution in [0.4, 0.5) is 11.4 Å². The number of aromatic amines is 1. The van der Waals surface area contributed by atoms with Crippen LogP contribution in [0.25, 0.3) is 32.9 Å². The molecule has 1 saturated heterocycles. The number of aromatic nitrogens is 2. The van der Waals surface area contributed by atoms with Gasteiger partial charge in [-0.3, -0.25) is 9.59 Å². The van der Waals surface area contributed by atoms with Crippen LogP contribution in [-0.2, 0) is 11.0 Å². The molecule has 242 valence electrons. The first-order chi connectivity index (χ1) is 22.2. The highest BCUT2D eigenvalue weighted by atomic mass is 28.4. The van der Waals surface area contributed by atoms with Crippen LogP contribution in [0.3, 0.4) is 0 Å². The first kappa shape index (κ1) is 31.1. The largest absolute Gasteiger partial charge is 0.412 e. The van der Waals surface area contributed by atoms with Crippen molar-refractivity contribution < 1.29 is 14.0 Å². The molecule has 3 aromatic carbocycles. The van der Waals surface area contributed by atoms with Gasteiger partial charge in [0, 0.05) is 58.1 Å². The summed E-state index contributed by atoms with van der Waals surface area (Å²) in [6.45, 7) is 17.8. The number of hydrogen-bond donors (Lipinski definition) is 2. The van der Waals surface area contributed by atoms with Crippen LogP contribution in [0.1, 0.15) is 64.7 Å². The van der Waals surface area contributed by atoms with Crippen LogP contribution in [-0.4, -0.2) is 49.3 Å². The van der Waals surface area contributed by atoms with Crippen molar-refractivity contribution in [1.82, 2.24) is 9.97 Å². The first-order valence-corrected chi connectivity index (χ1v) is 19.3. The minimum atomic E-state index is -1.87. The van der Waals surface area contributed by atoms with Gasteiger partial charge in [-0.15, -0.1) is 0 Å². The van der Waals surface area contributed by atoms with E-state index in [0.717, 1.165) is 80.6 Å². The normalized spacial score (nSPS) is 16.9. The maximum Gasteiger partial charge on any atom is 0.269 e. The summed E-state index contributed by atoms with van der Waals surface area (Å²) in [4.78, 5) is 38.4. The van der Waals surface area contributed by atoms with E-state index in [-0.39, 0.29) is 22.7 Å². The number of H-pyrrole nitrogens is 1. The Labute approximate surface area is 277 Å². The van der Waals surface area contributed by atoms with Crippen molar-refractivity contribution >= 4 is 53.3 Å². The number of fused-ring (bicyclic) bond motifs is 4. The minimum Gasteiger partial charge on any atom is -0.412 e. The van der Waals surface area contributed by atoms with Crippen molar-refractivity contribution in [2.24, 2.45) is 5.73 Å². The molecule has 3 N–H and O–H groups in total. The average molecular weight is 646 g/mol. The lowest BCUT2D eigenvalue weighted by atomic mass is 9.95. The van der Waals surface area contributed by atoms with Gasteiger partial charge in [-0.2, -0.15) is 0 Å². The summed E-state index contributed by atoms with van der Waals surface area (Å²) in [5.41, 5.74) is 15.2. The highest BCUT2D eigenvalue weighted by Gasteiger charge is 2.40. The fourth-order valence-electron chi connectivity index (χ4n) is 6.96. The summed E-state index contributed by atoms with van der Waals surface area (Å²) in [5, 5.41) is 2.05. The molecule has 2 aliphatic rings. The summed E-state index contributed by atoms with van der Waals surface area (Å²) in [6, 6.07) is 18.5. The minimum absolute atomic E-state index is 0.00906. The zero-order chi connectivity index (χ0) is 33.4. The lowest BCUT2D eigenvalue weighted by molar-refractivity contribution is 0.0988. The van der Waals surface area contributed by atoms with Gasteiger partial charge in [0.1, 0.15) is 0 Å². The summed E-state index contributed by atoms with van der Waals surface area (Å²) < 4.78 is 6.75. The third-order valence-corrected chi connectivity index (χ3v) is 15.1. The van der Waals surface area contributed by atoms with Gasteiger partial charge in [-0.05, 0) is 79.4 Å². The van der Waals surface area contributed by atoms with Gasteiger partial charge in [0.25, 0.3) is 11.8 Å². The van der Waals surface area contributed by atoms with Gasteiger partial charge in [0.15, 0.2) is 14.0 Å². The molecular weight excluding hydrogens is 603 g/mol. The molecule has 5 aromatic rings. The van der Waals surface area contributed by atoms with Crippen LogP contribution < -0.4 is 15.5 Å². The van der Waals surface area contributed by atoms with E-state index in [1.54, 1.807) is 6.20 Å². The maximum absolute atomic E-state index is 13.5. The number of nitrogens with zero attached hydrogens (tertiary/aromatic N) is 3. The quantitative estimate of drug-likeness (QED) is 0.183. The van der Waals surface area contributed by atoms with Crippen LogP contribution in [0.15, 0.2) is 60.8 Å². The third-order valence-electron chi connectivity index (χ3n) is 10.6. The third kappa shape index (κ3) is 5.22. The number of carbonyl (C=O) groups excluding carboxylic acids is 2. The Bertz CT molecular complexity index is 2090. The molecule has 1 fully saturated rings. The summed E-state index contributed by atoms with van der Waals surface area (Å²) >= 11 is 0. The van der Waals surface area contributed by atoms with Gasteiger partial charge < -0.3 is 24.9 Å². The molecule has 0 saturated carbocycles. The number of hydrogen-bond acceptors (Lipinski definition) is 5. The highest BCUT2D eigenvalue weighted by molar-refractivity contribution is 6.74. The first-order valence-electron chi connectivity index (χ1n) is 16.4. The second-order valence-corrected chi connectivity index (χ2v) is 19.5. The van der Waals surface area contributed by atoms with Gasteiger partial charge >= 0.3 is 0 Å². The highest BCUT2D eigenvalue weighted by Crippen LogP contribution is 2.42. The van der Waals surface area contributed by atoms with E-state index in [1.807, 2.05) is 43.0 Å². The number of carbonyl (C=O) groups is 2. The molecule has 0 spiro atoms. The molecule has 2 aliphatic heterocycles. The molecule has 8 nitrogen and oxygen atoms in total. The number of aryl methyl sites for hydroxylation is 1. The van der Waals surface area contributed by atoms with Gasteiger partial charge in [0.05, 0.1) is 18.2 Å². The Balaban J connectivity index is 1.27. The molecule has 0 radical (unpaired) electrons. The van der Waals surface area contributed by atoms with Crippen LogP contribution >= 0.6 is 0 Å². The lowest BCUT2D eigenvalue weighted by Crippen LogP contribution is -2.44. The molecule has 4 heterocycles. The van der Waals surface area contributed by atoms with E-state index in [2.05, 4.69) is 79.1 Å². The smallest absolute Gasteiger partial charge is 0.269 e. The van der Waals surface area contributed by atoms with E-state index in [4.69, 9.17) is 10.2 Å². The fourth-order valence-corrected chi connectivity index (χ4v) is 8.34.